The van der Waals surface area contributed by atoms with E-state index in [9.17, 15) is 0 Å². The molecule has 39 heavy (non-hydrogen) atoms. The fourth-order valence-electron chi connectivity index (χ4n) is 5.51. The fraction of sp³-hybridized carbons (Fsp3) is 0.459. The Bertz CT molecular complexity index is 1260. The van der Waals surface area contributed by atoms with E-state index in [4.69, 9.17) is 5.11 Å². The second-order valence-electron chi connectivity index (χ2n) is 11.0. The van der Waals surface area contributed by atoms with Crippen LogP contribution in [0.4, 0.5) is 5.69 Å². The van der Waals surface area contributed by atoms with E-state index in [-0.39, 0.29) is 0 Å². The predicted octanol–water partition coefficient (Wildman–Crippen LogP) is 11.2. The van der Waals surface area contributed by atoms with Crippen molar-refractivity contribution in [2.75, 3.05) is 7.05 Å². The summed E-state index contributed by atoms with van der Waals surface area (Å²) in [5, 5.41) is 5.14. The number of allylic oxidation sites excluding steroid dienone is 1. The van der Waals surface area contributed by atoms with Crippen molar-refractivity contribution in [3.05, 3.63) is 93.7 Å². The molecule has 0 bridgehead atoms. The Labute approximate surface area is 238 Å². The molecule has 0 saturated carbocycles. The van der Waals surface area contributed by atoms with Gasteiger partial charge >= 0.3 is 0 Å². The van der Waals surface area contributed by atoms with E-state index in [2.05, 4.69) is 114 Å². The Morgan fingerprint density at radius 2 is 1.54 bits per heavy atom. The maximum atomic E-state index is 5.14. The summed E-state index contributed by atoms with van der Waals surface area (Å²) in [6.45, 7) is 13.6. The third kappa shape index (κ3) is 8.49. The quantitative estimate of drug-likeness (QED) is 0.113. The average molecular weight is 524 g/mol. The molecule has 3 aromatic carbocycles. The Morgan fingerprint density at radius 3 is 2.21 bits per heavy atom. The van der Waals surface area contributed by atoms with Crippen LogP contribution in [0.1, 0.15) is 106 Å². The normalized spacial score (nSPS) is 12.3. The van der Waals surface area contributed by atoms with Gasteiger partial charge in [-0.25, -0.2) is 0 Å². The Morgan fingerprint density at radius 1 is 0.795 bits per heavy atom. The van der Waals surface area contributed by atoms with Gasteiger partial charge in [0.15, 0.2) is 7.05 Å². The molecular formula is C37H51N2+. The monoisotopic (exact) mass is 523 g/mol. The molecule has 0 fully saturated rings. The summed E-state index contributed by atoms with van der Waals surface area (Å²) in [6, 6.07) is 20.2. The number of hydrogen-bond donors (Lipinski definition) is 0. The number of hydrogen-bond acceptors (Lipinski definition) is 1. The van der Waals surface area contributed by atoms with Crippen molar-refractivity contribution in [2.45, 2.75) is 106 Å². The molecule has 0 unspecified atom stereocenters. The summed E-state index contributed by atoms with van der Waals surface area (Å²) in [4.78, 5) is 0. The molecule has 0 saturated heterocycles. The van der Waals surface area contributed by atoms with Crippen molar-refractivity contribution in [3.8, 4) is 11.1 Å². The van der Waals surface area contributed by atoms with Crippen LogP contribution in [0, 0.1) is 13.8 Å². The van der Waals surface area contributed by atoms with Crippen LogP contribution in [0.2, 0.25) is 0 Å². The third-order valence-corrected chi connectivity index (χ3v) is 8.05. The van der Waals surface area contributed by atoms with Crippen LogP contribution in [0.25, 0.3) is 17.2 Å². The topological polar surface area (TPSA) is 15.4 Å². The van der Waals surface area contributed by atoms with Gasteiger partial charge in [-0.2, -0.15) is 0 Å². The average Bonchev–Trinajstić information content (AvgIpc) is 2.95. The lowest BCUT2D eigenvalue weighted by Gasteiger charge is -2.15. The van der Waals surface area contributed by atoms with Crippen molar-refractivity contribution in [2.24, 2.45) is 5.11 Å². The van der Waals surface area contributed by atoms with Crippen LogP contribution in [0.3, 0.4) is 0 Å². The van der Waals surface area contributed by atoms with E-state index in [0.29, 0.717) is 0 Å². The highest BCUT2D eigenvalue weighted by atomic mass is 15.3. The third-order valence-electron chi connectivity index (χ3n) is 8.05. The maximum Gasteiger partial charge on any atom is 0.208 e. The van der Waals surface area contributed by atoms with Crippen LogP contribution >= 0.6 is 0 Å². The smallest absolute Gasteiger partial charge is 0.0906 e. The minimum absolute atomic E-state index is 0.930. The van der Waals surface area contributed by atoms with Crippen LogP contribution in [0.15, 0.2) is 65.4 Å². The minimum atomic E-state index is 0.930. The van der Waals surface area contributed by atoms with Crippen molar-refractivity contribution >= 4 is 11.8 Å². The van der Waals surface area contributed by atoms with Crippen LogP contribution in [-0.2, 0) is 19.3 Å². The molecule has 0 radical (unpaired) electrons. The second-order valence-corrected chi connectivity index (χ2v) is 11.0. The number of azo groups is 2. The zero-order valence-corrected chi connectivity index (χ0v) is 25.7. The Kier molecular flexibility index (Phi) is 12.2. The highest BCUT2D eigenvalue weighted by Gasteiger charge is 2.15. The fourth-order valence-corrected chi connectivity index (χ4v) is 5.51. The van der Waals surface area contributed by atoms with Gasteiger partial charge in [0.2, 0.25) is 5.70 Å². The van der Waals surface area contributed by atoms with Crippen molar-refractivity contribution in [1.29, 1.82) is 0 Å². The molecular weight excluding hydrogens is 472 g/mol. The van der Waals surface area contributed by atoms with Crippen LogP contribution < -0.4 is 0 Å². The van der Waals surface area contributed by atoms with Gasteiger partial charge < -0.3 is 0 Å². The number of rotatable bonds is 14. The van der Waals surface area contributed by atoms with Crippen LogP contribution in [-0.4, -0.2) is 11.7 Å². The van der Waals surface area contributed by atoms with E-state index in [1.165, 1.54) is 95.2 Å². The lowest BCUT2D eigenvalue weighted by molar-refractivity contribution is -0.512. The van der Waals surface area contributed by atoms with Crippen molar-refractivity contribution in [3.63, 3.8) is 0 Å². The largest absolute Gasteiger partial charge is 0.208 e. The van der Waals surface area contributed by atoms with Gasteiger partial charge in [-0.1, -0.05) is 101 Å². The van der Waals surface area contributed by atoms with E-state index < -0.39 is 0 Å². The zero-order chi connectivity index (χ0) is 28.2. The SMILES string of the molecule is CCCCCCc1cc(C=C(CC)[N+](C)=Nc2cc(CC)c(CCCC)c(-c3ccccc3)c2)cc(C)c1C. The first-order chi connectivity index (χ1) is 18.9. The first kappa shape index (κ1) is 30.5. The lowest BCUT2D eigenvalue weighted by atomic mass is 9.90. The molecule has 0 aliphatic rings. The first-order valence-corrected chi connectivity index (χ1v) is 15.4. The van der Waals surface area contributed by atoms with Crippen molar-refractivity contribution < 1.29 is 4.70 Å². The number of nitrogens with zero attached hydrogens (tertiary/aromatic N) is 2. The van der Waals surface area contributed by atoms with E-state index in [1.54, 1.807) is 0 Å². The van der Waals surface area contributed by atoms with Crippen molar-refractivity contribution in [1.82, 2.24) is 0 Å². The standard InChI is InChI=1S/C37H51N2/c1-8-12-14-16-21-33-24-30(23-28(5)29(33)6)25-35(11-4)39(7)38-34-26-31(10-3)36(22-13-9-2)37(27-34)32-19-17-15-18-20-32/h15,17-20,23-27H,8-14,16,21-22H2,1-7H3/q+1. The molecule has 0 aromatic heterocycles. The summed E-state index contributed by atoms with van der Waals surface area (Å²) >= 11 is 0. The summed E-state index contributed by atoms with van der Waals surface area (Å²) in [7, 11) is 2.10. The molecule has 0 heterocycles. The number of unbranched alkanes of at least 4 members (excludes halogenated alkanes) is 4. The van der Waals surface area contributed by atoms with E-state index >= 15 is 0 Å². The van der Waals surface area contributed by atoms with Crippen LogP contribution in [0.5, 0.6) is 0 Å². The summed E-state index contributed by atoms with van der Waals surface area (Å²) in [5.74, 6) is 0. The molecule has 0 aliphatic carbocycles. The number of aryl methyl sites for hydroxylation is 3. The molecule has 0 atom stereocenters. The first-order valence-electron chi connectivity index (χ1n) is 15.4. The highest BCUT2D eigenvalue weighted by molar-refractivity contribution is 5.72. The molecule has 2 heteroatoms. The highest BCUT2D eigenvalue weighted by Crippen LogP contribution is 2.33. The molecule has 0 aliphatic heterocycles. The predicted molar refractivity (Wildman–Crippen MR) is 170 cm³/mol. The second kappa shape index (κ2) is 15.6. The Hall–Kier alpha value is -3.00. The zero-order valence-electron chi connectivity index (χ0n) is 25.7. The van der Waals surface area contributed by atoms with Gasteiger partial charge in [-0.3, -0.25) is 0 Å². The molecule has 208 valence electrons. The summed E-state index contributed by atoms with van der Waals surface area (Å²) in [6.07, 6.45) is 14.2. The molecule has 2 nitrogen and oxygen atoms in total. The van der Waals surface area contributed by atoms with Gasteiger partial charge in [-0.15, -0.1) is 0 Å². The lowest BCUT2D eigenvalue weighted by Crippen LogP contribution is -2.03. The molecule has 0 amide bonds. The summed E-state index contributed by atoms with van der Waals surface area (Å²) in [5.41, 5.74) is 13.4. The number of benzene rings is 3. The van der Waals surface area contributed by atoms with Gasteiger partial charge in [0.25, 0.3) is 0 Å². The van der Waals surface area contributed by atoms with E-state index in [0.717, 1.165) is 24.9 Å². The maximum absolute atomic E-state index is 5.14. The van der Waals surface area contributed by atoms with Gasteiger partial charge in [0.05, 0.1) is 0 Å². The van der Waals surface area contributed by atoms with Gasteiger partial charge in [0, 0.05) is 12.5 Å². The molecule has 0 spiro atoms. The summed E-state index contributed by atoms with van der Waals surface area (Å²) < 4.78 is 2.09. The van der Waals surface area contributed by atoms with Gasteiger partial charge in [0.1, 0.15) is 5.69 Å². The van der Waals surface area contributed by atoms with E-state index in [1.807, 2.05) is 0 Å². The molecule has 3 rings (SSSR count). The molecule has 3 aromatic rings. The minimum Gasteiger partial charge on any atom is -0.0906 e. The Balaban J connectivity index is 2.00. The van der Waals surface area contributed by atoms with Gasteiger partial charge in [-0.05, 0) is 108 Å². The molecule has 0 N–H and O–H groups in total.